The third kappa shape index (κ3) is 2.02. The van der Waals surface area contributed by atoms with E-state index in [0.29, 0.717) is 6.54 Å². The van der Waals surface area contributed by atoms with E-state index in [-0.39, 0.29) is 0 Å². The van der Waals surface area contributed by atoms with E-state index in [1.807, 2.05) is 25.1 Å². The Balaban J connectivity index is 2.96. The molecule has 1 rings (SSSR count). The highest BCUT2D eigenvalue weighted by atomic mass is 79.9. The zero-order valence-corrected chi connectivity index (χ0v) is 7.85. The average molecular weight is 216 g/mol. The molecule has 0 saturated carbocycles. The van der Waals surface area contributed by atoms with Crippen molar-refractivity contribution >= 4 is 15.9 Å². The smallest absolute Gasteiger partial charge is 0.0461 e. The molecule has 0 radical (unpaired) electrons. The summed E-state index contributed by atoms with van der Waals surface area (Å²) in [5.74, 6) is 0. The van der Waals surface area contributed by atoms with E-state index in [9.17, 15) is 0 Å². The van der Waals surface area contributed by atoms with Crippen LogP contribution in [0, 0.1) is 6.92 Å². The highest BCUT2D eigenvalue weighted by Gasteiger charge is 1.99. The molecule has 1 aromatic carbocycles. The van der Waals surface area contributed by atoms with Gasteiger partial charge in [-0.3, -0.25) is 0 Å². The first-order valence-corrected chi connectivity index (χ1v) is 4.16. The van der Waals surface area contributed by atoms with Gasteiger partial charge in [0.1, 0.15) is 0 Å². The summed E-state index contributed by atoms with van der Waals surface area (Å²) >= 11 is 3.41. The first-order chi connectivity index (χ1) is 5.25. The monoisotopic (exact) mass is 215 g/mol. The molecule has 3 heteroatoms. The second kappa shape index (κ2) is 3.85. The number of rotatable bonds is 2. The minimum atomic E-state index is 0.491. The fourth-order valence-corrected chi connectivity index (χ4v) is 1.34. The summed E-state index contributed by atoms with van der Waals surface area (Å²) in [6, 6.07) is 5.91. The summed E-state index contributed by atoms with van der Waals surface area (Å²) in [6.07, 6.45) is 0. The van der Waals surface area contributed by atoms with E-state index in [1.165, 1.54) is 0 Å². The molecule has 1 aromatic rings. The molecule has 0 aliphatic heterocycles. The molecule has 0 spiro atoms. The molecule has 0 amide bonds. The van der Waals surface area contributed by atoms with E-state index in [1.54, 1.807) is 0 Å². The van der Waals surface area contributed by atoms with Gasteiger partial charge in [-0.15, -0.1) is 0 Å². The number of benzene rings is 1. The molecule has 11 heavy (non-hydrogen) atoms. The molecule has 0 bridgehead atoms. The van der Waals surface area contributed by atoms with Gasteiger partial charge in [0, 0.05) is 11.0 Å². The van der Waals surface area contributed by atoms with Crippen molar-refractivity contribution in [3.8, 4) is 0 Å². The van der Waals surface area contributed by atoms with Crippen LogP contribution in [0.25, 0.3) is 0 Å². The van der Waals surface area contributed by atoms with E-state index >= 15 is 0 Å². The zero-order chi connectivity index (χ0) is 8.27. The van der Waals surface area contributed by atoms with Crippen LogP contribution in [0.1, 0.15) is 11.1 Å². The molecule has 0 aliphatic carbocycles. The topological polar surface area (TPSA) is 32.3 Å². The van der Waals surface area contributed by atoms with Crippen LogP contribution in [-0.2, 0) is 6.54 Å². The van der Waals surface area contributed by atoms with Gasteiger partial charge in [0.05, 0.1) is 0 Å². The minimum absolute atomic E-state index is 0.491. The van der Waals surface area contributed by atoms with Crippen molar-refractivity contribution < 1.29 is 5.21 Å². The number of hydrogen-bond donors (Lipinski definition) is 2. The quantitative estimate of drug-likeness (QED) is 0.743. The Kier molecular flexibility index (Phi) is 3.05. The summed E-state index contributed by atoms with van der Waals surface area (Å²) in [6.45, 7) is 2.50. The average Bonchev–Trinajstić information content (AvgIpc) is 1.99. The Hall–Kier alpha value is -0.380. The summed E-state index contributed by atoms with van der Waals surface area (Å²) in [5.41, 5.74) is 4.39. The lowest BCUT2D eigenvalue weighted by Crippen LogP contribution is -2.07. The van der Waals surface area contributed by atoms with Gasteiger partial charge in [0.25, 0.3) is 0 Å². The van der Waals surface area contributed by atoms with Gasteiger partial charge in [-0.05, 0) is 24.1 Å². The SMILES string of the molecule is Cc1c(Br)cccc1CNO. The van der Waals surface area contributed by atoms with Crippen molar-refractivity contribution in [2.24, 2.45) is 0 Å². The number of hydroxylamine groups is 1. The number of nitrogens with one attached hydrogen (secondary N) is 1. The first-order valence-electron chi connectivity index (χ1n) is 3.36. The third-order valence-electron chi connectivity index (χ3n) is 1.65. The van der Waals surface area contributed by atoms with Crippen molar-refractivity contribution in [2.45, 2.75) is 13.5 Å². The van der Waals surface area contributed by atoms with Crippen LogP contribution in [0.3, 0.4) is 0 Å². The Morgan fingerprint density at radius 2 is 2.27 bits per heavy atom. The summed E-state index contributed by atoms with van der Waals surface area (Å²) in [4.78, 5) is 0. The van der Waals surface area contributed by atoms with Crippen molar-refractivity contribution in [1.29, 1.82) is 0 Å². The lowest BCUT2D eigenvalue weighted by atomic mass is 10.1. The van der Waals surface area contributed by atoms with Gasteiger partial charge in [0.15, 0.2) is 0 Å². The molecular weight excluding hydrogens is 206 g/mol. The van der Waals surface area contributed by atoms with Crippen molar-refractivity contribution in [3.63, 3.8) is 0 Å². The fourth-order valence-electron chi connectivity index (χ4n) is 0.929. The highest BCUT2D eigenvalue weighted by molar-refractivity contribution is 9.10. The maximum Gasteiger partial charge on any atom is 0.0461 e. The molecule has 0 aromatic heterocycles. The van der Waals surface area contributed by atoms with Gasteiger partial charge >= 0.3 is 0 Å². The molecule has 2 nitrogen and oxygen atoms in total. The molecule has 0 saturated heterocycles. The van der Waals surface area contributed by atoms with Crippen molar-refractivity contribution in [2.75, 3.05) is 0 Å². The van der Waals surface area contributed by atoms with Crippen LogP contribution in [0.2, 0.25) is 0 Å². The Bertz CT molecular complexity index is 250. The van der Waals surface area contributed by atoms with Crippen LogP contribution in [0.15, 0.2) is 22.7 Å². The maximum absolute atomic E-state index is 8.47. The number of halogens is 1. The van der Waals surface area contributed by atoms with Crippen LogP contribution in [0.5, 0.6) is 0 Å². The second-order valence-corrected chi connectivity index (χ2v) is 3.21. The van der Waals surface area contributed by atoms with Crippen molar-refractivity contribution in [1.82, 2.24) is 5.48 Å². The number of hydrogen-bond acceptors (Lipinski definition) is 2. The highest BCUT2D eigenvalue weighted by Crippen LogP contribution is 2.18. The van der Waals surface area contributed by atoms with Gasteiger partial charge in [-0.25, -0.2) is 5.48 Å². The molecule has 0 unspecified atom stereocenters. The summed E-state index contributed by atoms with van der Waals surface area (Å²) < 4.78 is 1.07. The molecule has 2 N–H and O–H groups in total. The van der Waals surface area contributed by atoms with Crippen molar-refractivity contribution in [3.05, 3.63) is 33.8 Å². The normalized spacial score (nSPS) is 10.1. The third-order valence-corrected chi connectivity index (χ3v) is 2.51. The second-order valence-electron chi connectivity index (χ2n) is 2.36. The van der Waals surface area contributed by atoms with Crippen LogP contribution in [-0.4, -0.2) is 5.21 Å². The van der Waals surface area contributed by atoms with Crippen LogP contribution >= 0.6 is 15.9 Å². The van der Waals surface area contributed by atoms with Gasteiger partial charge in [0.2, 0.25) is 0 Å². The molecule has 0 atom stereocenters. The van der Waals surface area contributed by atoms with Gasteiger partial charge in [-0.1, -0.05) is 28.1 Å². The van der Waals surface area contributed by atoms with E-state index in [2.05, 4.69) is 21.4 Å². The summed E-state index contributed by atoms with van der Waals surface area (Å²) in [7, 11) is 0. The van der Waals surface area contributed by atoms with E-state index in [4.69, 9.17) is 5.21 Å². The Morgan fingerprint density at radius 3 is 2.91 bits per heavy atom. The maximum atomic E-state index is 8.47. The standard InChI is InChI=1S/C8H10BrNO/c1-6-7(5-10-11)3-2-4-8(6)9/h2-4,10-11H,5H2,1H3. The lowest BCUT2D eigenvalue weighted by molar-refractivity contribution is 0.161. The molecular formula is C8H10BrNO. The Labute approximate surface area is 74.3 Å². The molecule has 60 valence electrons. The predicted molar refractivity (Wildman–Crippen MR) is 47.5 cm³/mol. The Morgan fingerprint density at radius 1 is 1.55 bits per heavy atom. The fraction of sp³-hybridized carbons (Fsp3) is 0.250. The predicted octanol–water partition coefficient (Wildman–Crippen LogP) is 2.24. The summed E-state index contributed by atoms with van der Waals surface area (Å²) in [5, 5.41) is 8.47. The zero-order valence-electron chi connectivity index (χ0n) is 6.26. The lowest BCUT2D eigenvalue weighted by Gasteiger charge is -2.04. The first kappa shape index (κ1) is 8.71. The molecule has 0 heterocycles. The largest absolute Gasteiger partial charge is 0.316 e. The molecule has 0 aliphatic rings. The van der Waals surface area contributed by atoms with E-state index < -0.39 is 0 Å². The van der Waals surface area contributed by atoms with Gasteiger partial charge < -0.3 is 5.21 Å². The van der Waals surface area contributed by atoms with Crippen LogP contribution in [0.4, 0.5) is 0 Å². The van der Waals surface area contributed by atoms with Gasteiger partial charge in [-0.2, -0.15) is 0 Å². The van der Waals surface area contributed by atoms with E-state index in [0.717, 1.165) is 15.6 Å². The molecule has 0 fully saturated rings. The minimum Gasteiger partial charge on any atom is -0.316 e. The van der Waals surface area contributed by atoms with Crippen LogP contribution < -0.4 is 5.48 Å².